The van der Waals surface area contributed by atoms with E-state index in [2.05, 4.69) is 6.92 Å². The summed E-state index contributed by atoms with van der Waals surface area (Å²) in [6.07, 6.45) is 40.2. The van der Waals surface area contributed by atoms with E-state index in [-0.39, 0.29) is 0 Å². The van der Waals surface area contributed by atoms with E-state index in [1.54, 1.807) is 6.08 Å². The lowest BCUT2D eigenvalue weighted by atomic mass is 10.0. The summed E-state index contributed by atoms with van der Waals surface area (Å²) < 4.78 is 0. The smallest absolute Gasteiger partial charge is 0.0348 e. The maximum absolute atomic E-state index is 5.40. The molecular weight excluding hydrogens is 360 g/mol. The largest absolute Gasteiger partial charge is 0.0845 e. The van der Waals surface area contributed by atoms with Gasteiger partial charge in [-0.1, -0.05) is 180 Å². The van der Waals surface area contributed by atoms with E-state index in [1.165, 1.54) is 161 Å². The maximum atomic E-state index is 5.40. The molecule has 0 aliphatic rings. The van der Waals surface area contributed by atoms with Crippen LogP contribution in [0.2, 0.25) is 0 Å². The van der Waals surface area contributed by atoms with Crippen LogP contribution >= 0.6 is 0 Å². The van der Waals surface area contributed by atoms with E-state index < -0.39 is 0 Å². The highest BCUT2D eigenvalue weighted by Gasteiger charge is 1.96. The Bertz CT molecular complexity index is 292. The Morgan fingerprint density at radius 1 is 0.333 bits per heavy atom. The van der Waals surface area contributed by atoms with Crippen molar-refractivity contribution in [3.63, 3.8) is 0 Å². The lowest BCUT2D eigenvalue weighted by Gasteiger charge is -2.04. The monoisotopic (exact) mass is 418 g/mol. The molecule has 0 aliphatic carbocycles. The molecule has 0 heterocycles. The van der Waals surface area contributed by atoms with Crippen molar-refractivity contribution in [3.05, 3.63) is 19.6 Å². The molecule has 178 valence electrons. The van der Waals surface area contributed by atoms with Gasteiger partial charge in [0.15, 0.2) is 0 Å². The maximum Gasteiger partial charge on any atom is -0.0348 e. The molecule has 0 unspecified atom stereocenters. The van der Waals surface area contributed by atoms with Gasteiger partial charge in [-0.05, 0) is 12.8 Å². The minimum Gasteiger partial charge on any atom is -0.0845 e. The van der Waals surface area contributed by atoms with Gasteiger partial charge in [-0.15, -0.1) is 0 Å². The van der Waals surface area contributed by atoms with Gasteiger partial charge >= 0.3 is 0 Å². The number of hydrogen-bond acceptors (Lipinski definition) is 0. The van der Waals surface area contributed by atoms with Crippen LogP contribution < -0.4 is 0 Å². The van der Waals surface area contributed by atoms with Crippen molar-refractivity contribution in [2.24, 2.45) is 0 Å². The third-order valence-corrected chi connectivity index (χ3v) is 6.62. The Morgan fingerprint density at radius 3 is 0.733 bits per heavy atom. The number of allylic oxidation sites excluding steroid dienone is 1. The fourth-order valence-electron chi connectivity index (χ4n) is 4.50. The Labute approximate surface area is 193 Å². The van der Waals surface area contributed by atoms with Crippen molar-refractivity contribution in [2.45, 2.75) is 173 Å². The lowest BCUT2D eigenvalue weighted by Crippen LogP contribution is -1.84. The third-order valence-electron chi connectivity index (χ3n) is 6.62. The van der Waals surface area contributed by atoms with Crippen LogP contribution in [0.15, 0.2) is 6.08 Å². The second kappa shape index (κ2) is 28.7. The van der Waals surface area contributed by atoms with E-state index in [0.29, 0.717) is 0 Å². The average molecular weight is 419 g/mol. The Balaban J connectivity index is 2.98. The fourth-order valence-corrected chi connectivity index (χ4v) is 4.50. The molecule has 0 fully saturated rings. The van der Waals surface area contributed by atoms with E-state index in [4.69, 9.17) is 6.58 Å². The average Bonchev–Trinajstić information content (AvgIpc) is 2.76. The lowest BCUT2D eigenvalue weighted by molar-refractivity contribution is 0.516. The minimum atomic E-state index is 1.10. The molecule has 0 nitrogen and oxygen atoms in total. The zero-order valence-electron chi connectivity index (χ0n) is 21.0. The zero-order valence-corrected chi connectivity index (χ0v) is 21.0. The molecule has 0 heteroatoms. The molecule has 0 aliphatic heterocycles. The van der Waals surface area contributed by atoms with Gasteiger partial charge < -0.3 is 0 Å². The van der Waals surface area contributed by atoms with Gasteiger partial charge in [-0.2, -0.15) is 0 Å². The van der Waals surface area contributed by atoms with Crippen LogP contribution in [0, 0.1) is 13.5 Å². The molecule has 0 bridgehead atoms. The molecule has 0 spiro atoms. The first kappa shape index (κ1) is 29.7. The Hall–Kier alpha value is -0.260. The molecule has 0 saturated heterocycles. The zero-order chi connectivity index (χ0) is 21.8. The summed E-state index contributed by atoms with van der Waals surface area (Å²) in [5, 5.41) is 0. The third kappa shape index (κ3) is 27.7. The van der Waals surface area contributed by atoms with Crippen molar-refractivity contribution < 1.29 is 0 Å². The van der Waals surface area contributed by atoms with Crippen molar-refractivity contribution in [2.75, 3.05) is 0 Å². The predicted octanol–water partition coefficient (Wildman–Crippen LogP) is 11.3. The van der Waals surface area contributed by atoms with Gasteiger partial charge in [-0.3, -0.25) is 0 Å². The van der Waals surface area contributed by atoms with Gasteiger partial charge in [0, 0.05) is 0 Å². The van der Waals surface area contributed by atoms with E-state index in [0.717, 1.165) is 12.8 Å². The second-order valence-corrected chi connectivity index (χ2v) is 9.72. The fraction of sp³-hybridized carbons (Fsp3) is 0.900. The number of unbranched alkanes of at least 4 members (excludes halogenated alkanes) is 26. The summed E-state index contributed by atoms with van der Waals surface area (Å²) in [6, 6.07) is 0. The molecule has 0 N–H and O–H groups in total. The van der Waals surface area contributed by atoms with E-state index >= 15 is 0 Å². The molecule has 2 radical (unpaired) electrons. The number of hydrogen-bond donors (Lipinski definition) is 0. The van der Waals surface area contributed by atoms with Crippen LogP contribution in [0.5, 0.6) is 0 Å². The molecular formula is C30H58. The first-order valence-electron chi connectivity index (χ1n) is 14.2. The summed E-state index contributed by atoms with van der Waals surface area (Å²) in [5.74, 6) is 0. The molecule has 0 saturated carbocycles. The van der Waals surface area contributed by atoms with Crippen LogP contribution in [0.25, 0.3) is 0 Å². The van der Waals surface area contributed by atoms with Crippen molar-refractivity contribution in [3.8, 4) is 0 Å². The summed E-state index contributed by atoms with van der Waals surface area (Å²) in [6.45, 7) is 9.32. The normalized spacial score (nSPS) is 11.2. The van der Waals surface area contributed by atoms with Gasteiger partial charge in [0.1, 0.15) is 0 Å². The molecule has 0 rings (SSSR count). The van der Waals surface area contributed by atoms with Gasteiger partial charge in [0.05, 0.1) is 0 Å². The first-order chi connectivity index (χ1) is 14.9. The molecule has 0 aromatic rings. The highest BCUT2D eigenvalue weighted by atomic mass is 14.0. The van der Waals surface area contributed by atoms with Gasteiger partial charge in [0.2, 0.25) is 0 Å². The highest BCUT2D eigenvalue weighted by Crippen LogP contribution is 2.16. The van der Waals surface area contributed by atoms with Gasteiger partial charge in [0.25, 0.3) is 0 Å². The van der Waals surface area contributed by atoms with Gasteiger partial charge in [-0.25, -0.2) is 0 Å². The van der Waals surface area contributed by atoms with Crippen LogP contribution in [0.1, 0.15) is 173 Å². The first-order valence-corrected chi connectivity index (χ1v) is 14.2. The minimum absolute atomic E-state index is 1.10. The molecule has 0 aromatic carbocycles. The molecule has 30 heavy (non-hydrogen) atoms. The summed E-state index contributed by atoms with van der Waals surface area (Å²) in [7, 11) is 0. The van der Waals surface area contributed by atoms with Crippen LogP contribution in [-0.4, -0.2) is 0 Å². The quantitative estimate of drug-likeness (QED) is 0.116. The van der Waals surface area contributed by atoms with Crippen LogP contribution in [0.3, 0.4) is 0 Å². The summed E-state index contributed by atoms with van der Waals surface area (Å²) in [5.41, 5.74) is 0. The highest BCUT2D eigenvalue weighted by molar-refractivity contribution is 4.61. The van der Waals surface area contributed by atoms with E-state index in [1.807, 2.05) is 0 Å². The van der Waals surface area contributed by atoms with Crippen molar-refractivity contribution in [1.82, 2.24) is 0 Å². The number of rotatable bonds is 27. The second-order valence-electron chi connectivity index (χ2n) is 9.72. The Morgan fingerprint density at radius 2 is 0.533 bits per heavy atom. The molecule has 0 atom stereocenters. The van der Waals surface area contributed by atoms with Crippen molar-refractivity contribution >= 4 is 0 Å². The van der Waals surface area contributed by atoms with Crippen molar-refractivity contribution in [1.29, 1.82) is 0 Å². The predicted molar refractivity (Wildman–Crippen MR) is 139 cm³/mol. The standard InChI is InChI=1S/C30H58/c1-3-5-7-9-11-13-15-17-19-21-23-25-27-29-30-28-26-24-22-20-18-16-14-12-10-8-6-4-2/h1,3H,2,4-30H2. The SMILES string of the molecule is [CH]=CCCCCCCCCCCCCCCCCCCCCCCCCCCC[CH2]. The summed E-state index contributed by atoms with van der Waals surface area (Å²) in [4.78, 5) is 0. The Kier molecular flexibility index (Phi) is 28.5. The molecule has 0 amide bonds. The summed E-state index contributed by atoms with van der Waals surface area (Å²) >= 11 is 0. The van der Waals surface area contributed by atoms with Crippen LogP contribution in [-0.2, 0) is 0 Å². The molecule has 0 aromatic heterocycles. The van der Waals surface area contributed by atoms with E-state index in [9.17, 15) is 0 Å². The topological polar surface area (TPSA) is 0 Å². The van der Waals surface area contributed by atoms with Crippen LogP contribution in [0.4, 0.5) is 0 Å².